The van der Waals surface area contributed by atoms with Gasteiger partial charge in [0.2, 0.25) is 5.95 Å². The molecule has 0 saturated carbocycles. The smallest absolute Gasteiger partial charge is 0.212 e. The molecule has 0 unspecified atom stereocenters. The van der Waals surface area contributed by atoms with Gasteiger partial charge in [-0.25, -0.2) is 9.98 Å². The number of benzene rings is 2. The highest BCUT2D eigenvalue weighted by Crippen LogP contribution is 2.42. The van der Waals surface area contributed by atoms with E-state index in [-0.39, 0.29) is 5.96 Å². The van der Waals surface area contributed by atoms with Crippen molar-refractivity contribution in [3.05, 3.63) is 35.9 Å². The van der Waals surface area contributed by atoms with Crippen LogP contribution in [0.15, 0.2) is 35.3 Å². The predicted molar refractivity (Wildman–Crippen MR) is 108 cm³/mol. The Morgan fingerprint density at radius 3 is 2.69 bits per heavy atom. The third kappa shape index (κ3) is 2.77. The summed E-state index contributed by atoms with van der Waals surface area (Å²) >= 11 is 0. The number of hydrogen-bond acceptors (Lipinski definition) is 8. The molecule has 0 aliphatic carbocycles. The highest BCUT2D eigenvalue weighted by Gasteiger charge is 2.29. The lowest BCUT2D eigenvalue weighted by molar-refractivity contribution is 0.297. The van der Waals surface area contributed by atoms with Crippen LogP contribution in [0.5, 0.6) is 23.0 Å². The summed E-state index contributed by atoms with van der Waals surface area (Å²) < 4.78 is 24.7. The van der Waals surface area contributed by atoms with Crippen LogP contribution in [0.25, 0.3) is 11.0 Å². The number of guanidine groups is 1. The minimum absolute atomic E-state index is 0.275. The first kappa shape index (κ1) is 17.5. The lowest BCUT2D eigenvalue weighted by atomic mass is 10.1. The molecule has 9 nitrogen and oxygen atoms in total. The van der Waals surface area contributed by atoms with Gasteiger partial charge in [0.1, 0.15) is 0 Å². The van der Waals surface area contributed by atoms with Crippen LogP contribution in [0.3, 0.4) is 0 Å². The maximum absolute atomic E-state index is 6.07. The van der Waals surface area contributed by atoms with Crippen LogP contribution in [-0.2, 0) is 0 Å². The zero-order valence-corrected chi connectivity index (χ0v) is 16.1. The van der Waals surface area contributed by atoms with Crippen LogP contribution >= 0.6 is 0 Å². The van der Waals surface area contributed by atoms with Crippen molar-refractivity contribution in [2.75, 3.05) is 32.8 Å². The molecule has 2 aromatic carbocycles. The number of para-hydroxylation sites is 1. The Hall–Kier alpha value is -3.62. The maximum atomic E-state index is 6.07. The molecular formula is C20H21N5O4. The fourth-order valence-corrected chi connectivity index (χ4v) is 3.75. The molecular weight excluding hydrogens is 374 g/mol. The molecule has 1 aromatic heterocycles. The molecule has 0 amide bonds. The second kappa shape index (κ2) is 6.77. The third-order valence-corrected chi connectivity index (χ3v) is 5.02. The highest BCUT2D eigenvalue weighted by atomic mass is 16.5. The van der Waals surface area contributed by atoms with Crippen LogP contribution in [0, 0.1) is 0 Å². The maximum Gasteiger partial charge on any atom is 0.212 e. The lowest BCUT2D eigenvalue weighted by Gasteiger charge is -2.25. The molecule has 0 spiro atoms. The number of nitrogens with one attached hydrogen (secondary N) is 1. The van der Waals surface area contributed by atoms with Gasteiger partial charge in [0.15, 0.2) is 35.1 Å². The Kier molecular flexibility index (Phi) is 4.08. The SMILES string of the molecule is COc1cccc([C@@H]2N=C(N)Nc3nc4cc5c(cc4n32)OCCCO5)c1OC. The van der Waals surface area contributed by atoms with Crippen molar-refractivity contribution in [3.8, 4) is 23.0 Å². The van der Waals surface area contributed by atoms with Gasteiger partial charge in [-0.1, -0.05) is 12.1 Å². The first-order valence-electron chi connectivity index (χ1n) is 9.32. The minimum Gasteiger partial charge on any atom is -0.493 e. The van der Waals surface area contributed by atoms with E-state index < -0.39 is 6.17 Å². The molecule has 9 heteroatoms. The molecule has 0 bridgehead atoms. The molecule has 2 aliphatic heterocycles. The first-order valence-corrected chi connectivity index (χ1v) is 9.32. The Morgan fingerprint density at radius 1 is 1.14 bits per heavy atom. The van der Waals surface area contributed by atoms with E-state index in [9.17, 15) is 0 Å². The van der Waals surface area contributed by atoms with E-state index in [1.807, 2.05) is 34.9 Å². The molecule has 0 radical (unpaired) electrons. The minimum atomic E-state index is -0.481. The summed E-state index contributed by atoms with van der Waals surface area (Å²) in [7, 11) is 3.21. The summed E-state index contributed by atoms with van der Waals surface area (Å²) in [4.78, 5) is 9.33. The average molecular weight is 395 g/mol. The van der Waals surface area contributed by atoms with Gasteiger partial charge in [-0.15, -0.1) is 0 Å². The molecule has 1 atom stereocenters. The van der Waals surface area contributed by atoms with Gasteiger partial charge in [0, 0.05) is 24.1 Å². The van der Waals surface area contributed by atoms with Crippen molar-refractivity contribution in [2.45, 2.75) is 12.6 Å². The van der Waals surface area contributed by atoms with E-state index in [1.54, 1.807) is 14.2 Å². The highest BCUT2D eigenvalue weighted by molar-refractivity contribution is 5.95. The van der Waals surface area contributed by atoms with Crippen LogP contribution in [0.4, 0.5) is 5.95 Å². The van der Waals surface area contributed by atoms with Gasteiger partial charge < -0.3 is 24.7 Å². The zero-order valence-electron chi connectivity index (χ0n) is 16.1. The van der Waals surface area contributed by atoms with Crippen molar-refractivity contribution in [1.29, 1.82) is 0 Å². The molecule has 2 aliphatic rings. The van der Waals surface area contributed by atoms with Gasteiger partial charge >= 0.3 is 0 Å². The number of nitrogens with two attached hydrogens (primary N) is 1. The number of ether oxygens (including phenoxy) is 4. The number of imidazole rings is 1. The number of rotatable bonds is 3. The molecule has 5 rings (SSSR count). The first-order chi connectivity index (χ1) is 14.2. The fourth-order valence-electron chi connectivity index (χ4n) is 3.75. The summed E-state index contributed by atoms with van der Waals surface area (Å²) in [6.45, 7) is 1.22. The monoisotopic (exact) mass is 395 g/mol. The second-order valence-corrected chi connectivity index (χ2v) is 6.74. The van der Waals surface area contributed by atoms with Gasteiger partial charge in [-0.2, -0.15) is 0 Å². The number of aromatic nitrogens is 2. The molecule has 3 N–H and O–H groups in total. The number of methoxy groups -OCH3 is 2. The number of nitrogens with zero attached hydrogens (tertiary/aromatic N) is 3. The summed E-state index contributed by atoms with van der Waals surface area (Å²) in [5, 5.41) is 3.04. The number of anilines is 1. The quantitative estimate of drug-likeness (QED) is 0.702. The van der Waals surface area contributed by atoms with Crippen molar-refractivity contribution in [3.63, 3.8) is 0 Å². The van der Waals surface area contributed by atoms with Crippen molar-refractivity contribution < 1.29 is 18.9 Å². The molecule has 29 heavy (non-hydrogen) atoms. The molecule has 3 aromatic rings. The summed E-state index contributed by atoms with van der Waals surface area (Å²) in [6, 6.07) is 9.50. The Balaban J connectivity index is 1.73. The number of fused-ring (bicyclic) bond motifs is 4. The fraction of sp³-hybridized carbons (Fsp3) is 0.300. The summed E-state index contributed by atoms with van der Waals surface area (Å²) in [5.41, 5.74) is 8.49. The molecule has 3 heterocycles. The molecule has 0 saturated heterocycles. The number of hydrogen-bond donors (Lipinski definition) is 2. The van der Waals surface area contributed by atoms with E-state index >= 15 is 0 Å². The lowest BCUT2D eigenvalue weighted by Crippen LogP contribution is -2.31. The topological polar surface area (TPSA) is 105 Å². The molecule has 150 valence electrons. The Morgan fingerprint density at radius 2 is 1.93 bits per heavy atom. The third-order valence-electron chi connectivity index (χ3n) is 5.02. The van der Waals surface area contributed by atoms with Gasteiger partial charge in [0.25, 0.3) is 0 Å². The van der Waals surface area contributed by atoms with E-state index in [4.69, 9.17) is 29.7 Å². The summed E-state index contributed by atoms with van der Waals surface area (Å²) in [5.74, 6) is 3.46. The zero-order chi connectivity index (χ0) is 20.0. The number of aliphatic imine (C=N–C) groups is 1. The van der Waals surface area contributed by atoms with Gasteiger partial charge in [-0.3, -0.25) is 9.88 Å². The normalized spacial score (nSPS) is 17.7. The van der Waals surface area contributed by atoms with E-state index in [0.717, 1.165) is 23.0 Å². The Bertz CT molecular complexity index is 1120. The van der Waals surface area contributed by atoms with E-state index in [2.05, 4.69) is 10.3 Å². The van der Waals surface area contributed by atoms with Gasteiger partial charge in [0.05, 0.1) is 38.5 Å². The second-order valence-electron chi connectivity index (χ2n) is 6.74. The van der Waals surface area contributed by atoms with E-state index in [0.29, 0.717) is 42.2 Å². The summed E-state index contributed by atoms with van der Waals surface area (Å²) in [6.07, 6.45) is 0.356. The Labute approximate surface area is 167 Å². The van der Waals surface area contributed by atoms with E-state index in [1.165, 1.54) is 0 Å². The van der Waals surface area contributed by atoms with Gasteiger partial charge in [-0.05, 0) is 6.07 Å². The van der Waals surface area contributed by atoms with Crippen molar-refractivity contribution in [2.24, 2.45) is 10.7 Å². The average Bonchev–Trinajstić information content (AvgIpc) is 2.91. The van der Waals surface area contributed by atoms with Crippen LogP contribution < -0.4 is 30.0 Å². The van der Waals surface area contributed by atoms with Crippen LogP contribution in [-0.4, -0.2) is 42.9 Å². The largest absolute Gasteiger partial charge is 0.493 e. The van der Waals surface area contributed by atoms with Crippen molar-refractivity contribution >= 4 is 22.9 Å². The molecule has 0 fully saturated rings. The van der Waals surface area contributed by atoms with Crippen LogP contribution in [0.2, 0.25) is 0 Å². The van der Waals surface area contributed by atoms with Crippen LogP contribution in [0.1, 0.15) is 18.2 Å². The van der Waals surface area contributed by atoms with Crippen molar-refractivity contribution in [1.82, 2.24) is 9.55 Å². The predicted octanol–water partition coefficient (Wildman–Crippen LogP) is 2.50. The standard InChI is InChI=1S/C20H21N5O4/c1-26-14-6-3-5-11(17(14)27-2)18-23-19(21)24-20-22-12-9-15-16(10-13(12)25(18)20)29-8-4-7-28-15/h3,5-6,9-10,18H,4,7-8H2,1-2H3,(H3,21,22,23,24)/t18-/m1/s1.